The summed E-state index contributed by atoms with van der Waals surface area (Å²) in [5, 5.41) is 11.1. The molecule has 1 fully saturated rings. The third-order valence-corrected chi connectivity index (χ3v) is 12.6. The highest BCUT2D eigenvalue weighted by Crippen LogP contribution is 2.46. The highest BCUT2D eigenvalue weighted by molar-refractivity contribution is 7.90. The van der Waals surface area contributed by atoms with E-state index in [0.29, 0.717) is 31.9 Å². The maximum Gasteiger partial charge on any atom is 0.264 e. The Morgan fingerprint density at radius 3 is 2.82 bits per heavy atom. The van der Waals surface area contributed by atoms with Gasteiger partial charge in [0.1, 0.15) is 5.75 Å². The quantitative estimate of drug-likeness (QED) is 0.440. The van der Waals surface area contributed by atoms with Crippen LogP contribution in [0.2, 0.25) is 5.02 Å². The molecule has 2 bridgehead atoms. The summed E-state index contributed by atoms with van der Waals surface area (Å²) in [4.78, 5) is 15.9. The SMILES string of the molecule is COCC[C@H]1[C@@H](C)C/C=C\[C@H](O)[C@@H]2CC[C@H]2CN2C[C@@]3(CCCc4cc(Cl)ccc43)COc3ccc(cc32)C(=O)NS1(=O)=O. The van der Waals surface area contributed by atoms with E-state index >= 15 is 0 Å². The number of nitrogens with one attached hydrogen (secondary N) is 1. The van der Waals surface area contributed by atoms with Crippen molar-refractivity contribution in [3.8, 4) is 5.75 Å². The fourth-order valence-electron chi connectivity index (χ4n) is 7.78. The number of carbonyl (C=O) groups is 1. The van der Waals surface area contributed by atoms with Crippen LogP contribution in [-0.2, 0) is 26.6 Å². The van der Waals surface area contributed by atoms with Crippen molar-refractivity contribution in [1.29, 1.82) is 0 Å². The van der Waals surface area contributed by atoms with Crippen LogP contribution in [0.15, 0.2) is 48.6 Å². The minimum atomic E-state index is -4.02. The summed E-state index contributed by atoms with van der Waals surface area (Å²) in [6.07, 6.45) is 8.72. The molecule has 6 atom stereocenters. The van der Waals surface area contributed by atoms with E-state index in [0.717, 1.165) is 42.8 Å². The van der Waals surface area contributed by atoms with Crippen LogP contribution >= 0.6 is 11.6 Å². The molecule has 6 rings (SSSR count). The molecule has 2 aliphatic heterocycles. The summed E-state index contributed by atoms with van der Waals surface area (Å²) in [7, 11) is -2.49. The Labute approximate surface area is 265 Å². The largest absolute Gasteiger partial charge is 0.490 e. The molecule has 0 unspecified atom stereocenters. The van der Waals surface area contributed by atoms with Gasteiger partial charge < -0.3 is 19.5 Å². The van der Waals surface area contributed by atoms with Gasteiger partial charge in [0.05, 0.1) is 23.6 Å². The van der Waals surface area contributed by atoms with Crippen LogP contribution in [0.3, 0.4) is 0 Å². The zero-order valence-electron chi connectivity index (χ0n) is 25.5. The van der Waals surface area contributed by atoms with Gasteiger partial charge in [0.15, 0.2) is 0 Å². The molecule has 2 aromatic rings. The van der Waals surface area contributed by atoms with Crippen molar-refractivity contribution in [3.05, 3.63) is 70.3 Å². The molecule has 2 aromatic carbocycles. The van der Waals surface area contributed by atoms with Crippen molar-refractivity contribution >= 4 is 33.2 Å². The number of benzene rings is 2. The number of halogens is 1. The van der Waals surface area contributed by atoms with Crippen LogP contribution in [0.1, 0.15) is 66.9 Å². The molecule has 4 aliphatic rings. The van der Waals surface area contributed by atoms with Crippen LogP contribution in [0.4, 0.5) is 5.69 Å². The number of nitrogens with zero attached hydrogens (tertiary/aromatic N) is 1. The Hall–Kier alpha value is -2.59. The average Bonchev–Trinajstić information content (AvgIpc) is 3.11. The predicted molar refractivity (Wildman–Crippen MR) is 172 cm³/mol. The maximum atomic E-state index is 13.6. The number of hydrogen-bond donors (Lipinski definition) is 2. The average molecular weight is 643 g/mol. The number of amides is 1. The van der Waals surface area contributed by atoms with Crippen molar-refractivity contribution in [2.75, 3.05) is 38.3 Å². The van der Waals surface area contributed by atoms with Gasteiger partial charge in [0.2, 0.25) is 10.0 Å². The number of rotatable bonds is 3. The summed E-state index contributed by atoms with van der Waals surface area (Å²) in [6.45, 7) is 3.99. The van der Waals surface area contributed by atoms with Gasteiger partial charge >= 0.3 is 0 Å². The molecule has 10 heteroatoms. The number of hydrogen-bond acceptors (Lipinski definition) is 7. The van der Waals surface area contributed by atoms with Crippen LogP contribution in [0.5, 0.6) is 5.75 Å². The number of aryl methyl sites for hydroxylation is 1. The lowest BCUT2D eigenvalue weighted by atomic mass is 9.68. The summed E-state index contributed by atoms with van der Waals surface area (Å²) in [5.41, 5.74) is 3.27. The molecule has 2 N–H and O–H groups in total. The first-order valence-corrected chi connectivity index (χ1v) is 17.7. The number of fused-ring (bicyclic) bond motifs is 4. The Morgan fingerprint density at radius 2 is 2.05 bits per heavy atom. The lowest BCUT2D eigenvalue weighted by Crippen LogP contribution is -2.49. The second kappa shape index (κ2) is 12.7. The molecule has 1 amide bonds. The van der Waals surface area contributed by atoms with Gasteiger partial charge in [-0.05, 0) is 104 Å². The summed E-state index contributed by atoms with van der Waals surface area (Å²) in [6, 6.07) is 11.4. The monoisotopic (exact) mass is 642 g/mol. The van der Waals surface area contributed by atoms with E-state index in [-0.39, 0.29) is 41.8 Å². The number of sulfonamides is 1. The normalized spacial score (nSPS) is 32.3. The second-order valence-corrected chi connectivity index (χ2v) is 15.6. The summed E-state index contributed by atoms with van der Waals surface area (Å²) >= 11 is 6.40. The standard InChI is InChI=1S/C34H43ClN2O6S/c1-22-5-3-7-30(38)27-11-8-25(27)19-37-20-34(15-4-6-23-17-26(35)10-12-28(23)34)21-43-31-13-9-24(18-29(31)37)33(39)36-44(40,41)32(22)14-16-42-2/h3,7,9-10,12-13,17-18,22,25,27,30,32,38H,4-6,8,11,14-16,19-21H2,1-2H3,(H,36,39)/b7-3-/t22-,25-,27+,30-,32-,34-/m0/s1. The van der Waals surface area contributed by atoms with Gasteiger partial charge in [0, 0.05) is 42.8 Å². The van der Waals surface area contributed by atoms with E-state index in [1.165, 1.54) is 18.2 Å². The number of anilines is 1. The molecule has 2 aliphatic carbocycles. The molecule has 1 saturated carbocycles. The molecule has 2 heterocycles. The number of aliphatic hydroxyl groups excluding tert-OH is 1. The molecular formula is C34H43ClN2O6S. The molecule has 44 heavy (non-hydrogen) atoms. The third kappa shape index (κ3) is 6.13. The molecule has 0 aromatic heterocycles. The van der Waals surface area contributed by atoms with E-state index in [1.807, 2.05) is 25.1 Å². The van der Waals surface area contributed by atoms with Crippen molar-refractivity contribution < 1.29 is 27.8 Å². The van der Waals surface area contributed by atoms with Crippen molar-refractivity contribution in [2.24, 2.45) is 17.8 Å². The van der Waals surface area contributed by atoms with Crippen molar-refractivity contribution in [3.63, 3.8) is 0 Å². The predicted octanol–water partition coefficient (Wildman–Crippen LogP) is 5.26. The first-order valence-electron chi connectivity index (χ1n) is 15.8. The van der Waals surface area contributed by atoms with E-state index < -0.39 is 27.3 Å². The number of aliphatic hydroxyl groups is 1. The minimum absolute atomic E-state index is 0.106. The number of carbonyl (C=O) groups excluding carboxylic acids is 1. The van der Waals surface area contributed by atoms with Gasteiger partial charge in [-0.15, -0.1) is 0 Å². The van der Waals surface area contributed by atoms with Crippen LogP contribution in [0, 0.1) is 17.8 Å². The Morgan fingerprint density at radius 1 is 1.20 bits per heavy atom. The van der Waals surface area contributed by atoms with Crippen LogP contribution in [-0.4, -0.2) is 64.2 Å². The van der Waals surface area contributed by atoms with E-state index in [2.05, 4.69) is 21.8 Å². The summed E-state index contributed by atoms with van der Waals surface area (Å²) in [5.74, 6) is 0.105. The van der Waals surface area contributed by atoms with Crippen molar-refractivity contribution in [2.45, 2.75) is 68.6 Å². The maximum absolute atomic E-state index is 13.6. The molecule has 238 valence electrons. The third-order valence-electron chi connectivity index (χ3n) is 10.4. The Balaban J connectivity index is 1.41. The second-order valence-electron chi connectivity index (χ2n) is 13.2. The van der Waals surface area contributed by atoms with E-state index in [1.54, 1.807) is 18.2 Å². The number of allylic oxidation sites excluding steroid dienone is 1. The zero-order valence-corrected chi connectivity index (χ0v) is 27.1. The zero-order chi connectivity index (χ0) is 31.1. The fourth-order valence-corrected chi connectivity index (χ4v) is 9.63. The Kier molecular flexibility index (Phi) is 9.03. The van der Waals surface area contributed by atoms with Gasteiger partial charge in [-0.3, -0.25) is 4.79 Å². The smallest absolute Gasteiger partial charge is 0.264 e. The van der Waals surface area contributed by atoms with E-state index in [4.69, 9.17) is 21.1 Å². The van der Waals surface area contributed by atoms with Gasteiger partial charge in [-0.25, -0.2) is 13.1 Å². The van der Waals surface area contributed by atoms with Crippen LogP contribution in [0.25, 0.3) is 0 Å². The lowest BCUT2D eigenvalue weighted by molar-refractivity contribution is 0.0455. The first kappa shape index (κ1) is 31.4. The van der Waals surface area contributed by atoms with E-state index in [9.17, 15) is 18.3 Å². The highest BCUT2D eigenvalue weighted by Gasteiger charge is 2.44. The Bertz CT molecular complexity index is 1530. The van der Waals surface area contributed by atoms with Crippen molar-refractivity contribution in [1.82, 2.24) is 4.72 Å². The van der Waals surface area contributed by atoms with Crippen LogP contribution < -0.4 is 14.4 Å². The molecular weight excluding hydrogens is 600 g/mol. The number of methoxy groups -OCH3 is 1. The van der Waals surface area contributed by atoms with Gasteiger partial charge in [-0.1, -0.05) is 36.7 Å². The minimum Gasteiger partial charge on any atom is -0.490 e. The van der Waals surface area contributed by atoms with Gasteiger partial charge in [0.25, 0.3) is 5.91 Å². The number of ether oxygens (including phenoxy) is 2. The first-order chi connectivity index (χ1) is 21.1. The molecule has 0 radical (unpaired) electrons. The lowest BCUT2D eigenvalue weighted by Gasteiger charge is -2.45. The summed E-state index contributed by atoms with van der Waals surface area (Å²) < 4.78 is 41.3. The molecule has 1 spiro atoms. The molecule has 0 saturated heterocycles. The highest BCUT2D eigenvalue weighted by atomic mass is 35.5. The molecule has 8 nitrogen and oxygen atoms in total. The topological polar surface area (TPSA) is 105 Å². The van der Waals surface area contributed by atoms with Gasteiger partial charge in [-0.2, -0.15) is 0 Å². The fraction of sp³-hybridized carbons (Fsp3) is 0.559.